The van der Waals surface area contributed by atoms with E-state index in [1.807, 2.05) is 38.1 Å². The van der Waals surface area contributed by atoms with Crippen LogP contribution in [0.5, 0.6) is 0 Å². The molecule has 0 unspecified atom stereocenters. The van der Waals surface area contributed by atoms with Gasteiger partial charge in [-0.3, -0.25) is 20.4 Å². The van der Waals surface area contributed by atoms with Crippen LogP contribution < -0.4 is 5.06 Å². The Hall–Kier alpha value is -2.73. The van der Waals surface area contributed by atoms with E-state index >= 15 is 0 Å². The number of fused-ring (bicyclic) bond motifs is 2. The van der Waals surface area contributed by atoms with Crippen LogP contribution in [0.4, 0.5) is 11.4 Å². The van der Waals surface area contributed by atoms with Crippen molar-refractivity contribution >= 4 is 33.2 Å². The molecule has 0 aliphatic carbocycles. The van der Waals surface area contributed by atoms with Crippen LogP contribution in [0.3, 0.4) is 0 Å². The number of nitrogens with zero attached hydrogens (tertiary/aromatic N) is 3. The Labute approximate surface area is 133 Å². The molecule has 0 aliphatic heterocycles. The second-order valence-electron chi connectivity index (χ2n) is 5.48. The first-order chi connectivity index (χ1) is 11.0. The van der Waals surface area contributed by atoms with E-state index in [0.717, 1.165) is 10.6 Å². The highest BCUT2D eigenvalue weighted by Crippen LogP contribution is 2.39. The van der Waals surface area contributed by atoms with Gasteiger partial charge in [-0.2, -0.15) is 0 Å². The predicted molar refractivity (Wildman–Crippen MR) is 90.1 cm³/mol. The smallest absolute Gasteiger partial charge is 0.281 e. The number of hydrogen-bond acceptors (Lipinski definition) is 5. The minimum atomic E-state index is -0.429. The average Bonchev–Trinajstić information content (AvgIpc) is 2.53. The van der Waals surface area contributed by atoms with Gasteiger partial charge in [0.2, 0.25) is 0 Å². The quantitative estimate of drug-likeness (QED) is 0.443. The Morgan fingerprint density at radius 3 is 2.70 bits per heavy atom. The number of hydroxylamine groups is 1. The van der Waals surface area contributed by atoms with E-state index in [4.69, 9.17) is 0 Å². The third kappa shape index (κ3) is 2.47. The zero-order valence-electron chi connectivity index (χ0n) is 13.0. The lowest BCUT2D eigenvalue weighted by Crippen LogP contribution is -2.20. The third-order valence-corrected chi connectivity index (χ3v) is 3.88. The molecule has 2 aromatic carbocycles. The van der Waals surface area contributed by atoms with Crippen molar-refractivity contribution in [3.05, 3.63) is 52.1 Å². The van der Waals surface area contributed by atoms with Crippen LogP contribution in [0.25, 0.3) is 21.8 Å². The summed E-state index contributed by atoms with van der Waals surface area (Å²) in [4.78, 5) is 15.6. The molecule has 0 saturated heterocycles. The second kappa shape index (κ2) is 5.81. The summed E-state index contributed by atoms with van der Waals surface area (Å²) in [5.74, 6) is 0. The number of nitro groups is 1. The van der Waals surface area contributed by atoms with Crippen LogP contribution in [-0.2, 0) is 0 Å². The predicted octanol–water partition coefficient (Wildman–Crippen LogP) is 4.21. The van der Waals surface area contributed by atoms with Crippen molar-refractivity contribution in [2.75, 3.05) is 11.6 Å². The number of nitro benzene ring substituents is 1. The lowest BCUT2D eigenvalue weighted by Gasteiger charge is -2.20. The fourth-order valence-corrected chi connectivity index (χ4v) is 2.83. The summed E-state index contributed by atoms with van der Waals surface area (Å²) in [7, 11) is 0. The summed E-state index contributed by atoms with van der Waals surface area (Å²) < 4.78 is 0. The topological polar surface area (TPSA) is 79.5 Å². The number of aryl methyl sites for hydroxylation is 1. The van der Waals surface area contributed by atoms with Crippen molar-refractivity contribution in [2.45, 2.75) is 20.3 Å². The summed E-state index contributed by atoms with van der Waals surface area (Å²) in [6, 6.07) is 10.5. The van der Waals surface area contributed by atoms with Gasteiger partial charge in [-0.15, -0.1) is 0 Å². The molecule has 118 valence electrons. The highest BCUT2D eigenvalue weighted by molar-refractivity contribution is 6.11. The Morgan fingerprint density at radius 2 is 2.00 bits per heavy atom. The number of benzene rings is 2. The number of rotatable bonds is 4. The first kappa shape index (κ1) is 15.2. The van der Waals surface area contributed by atoms with Crippen molar-refractivity contribution in [1.82, 2.24) is 4.98 Å². The van der Waals surface area contributed by atoms with Crippen LogP contribution in [-0.4, -0.2) is 21.7 Å². The number of non-ortho nitro benzene ring substituents is 1. The number of aromatic nitrogens is 1. The first-order valence-electron chi connectivity index (χ1n) is 7.47. The molecule has 0 atom stereocenters. The van der Waals surface area contributed by atoms with Crippen LogP contribution in [0, 0.1) is 17.0 Å². The molecule has 3 aromatic rings. The maximum absolute atomic E-state index is 11.5. The number of hydrogen-bond donors (Lipinski definition) is 1. The van der Waals surface area contributed by atoms with Gasteiger partial charge in [0.1, 0.15) is 5.39 Å². The van der Waals surface area contributed by atoms with E-state index in [-0.39, 0.29) is 5.69 Å². The van der Waals surface area contributed by atoms with E-state index in [1.165, 1.54) is 6.07 Å². The summed E-state index contributed by atoms with van der Waals surface area (Å²) in [6.45, 7) is 4.18. The summed E-state index contributed by atoms with van der Waals surface area (Å²) in [5.41, 5.74) is 2.48. The first-order valence-corrected chi connectivity index (χ1v) is 7.47. The average molecular weight is 311 g/mol. The van der Waals surface area contributed by atoms with Crippen LogP contribution in [0.1, 0.15) is 18.9 Å². The number of anilines is 1. The lowest BCUT2D eigenvalue weighted by molar-refractivity contribution is -0.383. The minimum absolute atomic E-state index is 0.0472. The normalized spacial score (nSPS) is 11.1. The van der Waals surface area contributed by atoms with Crippen LogP contribution in [0.15, 0.2) is 36.4 Å². The Kier molecular flexibility index (Phi) is 3.83. The molecule has 6 heteroatoms. The molecule has 1 N–H and O–H groups in total. The van der Waals surface area contributed by atoms with E-state index < -0.39 is 4.92 Å². The zero-order valence-corrected chi connectivity index (χ0v) is 13.0. The summed E-state index contributed by atoms with van der Waals surface area (Å²) in [6.07, 6.45) is 0.717. The van der Waals surface area contributed by atoms with Gasteiger partial charge in [0.05, 0.1) is 21.6 Å². The number of para-hydroxylation sites is 1. The Morgan fingerprint density at radius 1 is 1.26 bits per heavy atom. The zero-order chi connectivity index (χ0) is 16.6. The summed E-state index contributed by atoms with van der Waals surface area (Å²) >= 11 is 0. The molecule has 6 nitrogen and oxygen atoms in total. The molecule has 0 radical (unpaired) electrons. The molecular formula is C17H17N3O3. The van der Waals surface area contributed by atoms with Crippen molar-refractivity contribution in [3.63, 3.8) is 0 Å². The molecule has 0 spiro atoms. The molecule has 3 rings (SSSR count). The molecule has 0 fully saturated rings. The van der Waals surface area contributed by atoms with Gasteiger partial charge in [0, 0.05) is 18.0 Å². The SMILES string of the molecule is CCCN(O)c1c2ccccc2nc2c(C)ccc([N+](=O)[O-])c12. The fraction of sp³-hybridized carbons (Fsp3) is 0.235. The highest BCUT2D eigenvalue weighted by Gasteiger charge is 2.23. The molecule has 1 aromatic heterocycles. The number of pyridine rings is 1. The maximum Gasteiger partial charge on any atom is 0.281 e. The summed E-state index contributed by atoms with van der Waals surface area (Å²) in [5, 5.41) is 24.1. The molecule has 0 saturated carbocycles. The monoisotopic (exact) mass is 311 g/mol. The molecule has 0 aliphatic rings. The van der Waals surface area contributed by atoms with Gasteiger partial charge in [-0.05, 0) is 25.0 Å². The van der Waals surface area contributed by atoms with Crippen molar-refractivity contribution < 1.29 is 10.1 Å². The fourth-order valence-electron chi connectivity index (χ4n) is 2.83. The van der Waals surface area contributed by atoms with Gasteiger partial charge in [-0.1, -0.05) is 31.2 Å². The molecular weight excluding hydrogens is 294 g/mol. The van der Waals surface area contributed by atoms with Gasteiger partial charge < -0.3 is 0 Å². The minimum Gasteiger partial charge on any atom is -0.288 e. The maximum atomic E-state index is 11.5. The second-order valence-corrected chi connectivity index (χ2v) is 5.48. The highest BCUT2D eigenvalue weighted by atomic mass is 16.6. The van der Waals surface area contributed by atoms with E-state index in [1.54, 1.807) is 6.07 Å². The van der Waals surface area contributed by atoms with Crippen LogP contribution in [0.2, 0.25) is 0 Å². The van der Waals surface area contributed by atoms with Gasteiger partial charge >= 0.3 is 0 Å². The lowest BCUT2D eigenvalue weighted by atomic mass is 10.0. The van der Waals surface area contributed by atoms with Crippen molar-refractivity contribution in [1.29, 1.82) is 0 Å². The van der Waals surface area contributed by atoms with Gasteiger partial charge in [0.15, 0.2) is 0 Å². The van der Waals surface area contributed by atoms with E-state index in [0.29, 0.717) is 40.5 Å². The largest absolute Gasteiger partial charge is 0.288 e. The van der Waals surface area contributed by atoms with E-state index in [9.17, 15) is 15.3 Å². The van der Waals surface area contributed by atoms with Crippen LogP contribution >= 0.6 is 0 Å². The molecule has 23 heavy (non-hydrogen) atoms. The van der Waals surface area contributed by atoms with Crippen molar-refractivity contribution in [2.24, 2.45) is 0 Å². The van der Waals surface area contributed by atoms with E-state index in [2.05, 4.69) is 4.98 Å². The molecule has 0 bridgehead atoms. The molecule has 1 heterocycles. The van der Waals surface area contributed by atoms with Crippen molar-refractivity contribution in [3.8, 4) is 0 Å². The molecule has 0 amide bonds. The van der Waals surface area contributed by atoms with Gasteiger partial charge in [-0.25, -0.2) is 4.98 Å². The standard InChI is InChI=1S/C17H17N3O3/c1-3-10-19(21)17-12-6-4-5-7-13(12)18-16-11(2)8-9-14(15(16)17)20(22)23/h4-9,21H,3,10H2,1-2H3. The van der Waals surface area contributed by atoms with Gasteiger partial charge in [0.25, 0.3) is 5.69 Å². The Bertz CT molecular complexity index is 908. The Balaban J connectivity index is 2.54. The third-order valence-electron chi connectivity index (χ3n) is 3.88.